The molecule has 0 bridgehead atoms. The average Bonchev–Trinajstić information content (AvgIpc) is 3.82. The van der Waals surface area contributed by atoms with Crippen molar-refractivity contribution in [1.29, 1.82) is 0 Å². The number of halogens is 7. The zero-order valence-electron chi connectivity index (χ0n) is 28.3. The Hall–Kier alpha value is -5.55. The van der Waals surface area contributed by atoms with Gasteiger partial charge in [0.05, 0.1) is 39.4 Å². The summed E-state index contributed by atoms with van der Waals surface area (Å²) in [5.41, 5.74) is 1.93. The number of pyridine rings is 2. The van der Waals surface area contributed by atoms with Crippen LogP contribution in [0.25, 0.3) is 22.6 Å². The fraction of sp³-hybridized carbons (Fsp3) is 0.154. The lowest BCUT2D eigenvalue weighted by molar-refractivity contribution is -0.138. The Morgan fingerprint density at radius 2 is 1.20 bits per heavy atom. The van der Waals surface area contributed by atoms with Gasteiger partial charge in [0, 0.05) is 24.5 Å². The molecule has 2 atom stereocenters. The van der Waals surface area contributed by atoms with Crippen LogP contribution >= 0.6 is 15.9 Å². The molecule has 0 aliphatic heterocycles. The van der Waals surface area contributed by atoms with Crippen LogP contribution in [0.4, 0.5) is 26.3 Å². The number of carbonyl (C=O) groups excluding carboxylic acids is 1. The fourth-order valence-electron chi connectivity index (χ4n) is 5.73. The summed E-state index contributed by atoms with van der Waals surface area (Å²) in [6.07, 6.45) is -8.39. The number of carbonyl (C=O) groups is 1. The third kappa shape index (κ3) is 8.89. The van der Waals surface area contributed by atoms with Gasteiger partial charge >= 0.3 is 12.4 Å². The van der Waals surface area contributed by atoms with Crippen LogP contribution in [0, 0.1) is 0 Å². The van der Waals surface area contributed by atoms with Crippen molar-refractivity contribution < 1.29 is 46.5 Å². The van der Waals surface area contributed by atoms with E-state index in [0.29, 0.717) is 28.1 Å². The highest BCUT2D eigenvalue weighted by Crippen LogP contribution is 2.34. The number of hydrogen-bond donors (Lipinski definition) is 4. The van der Waals surface area contributed by atoms with E-state index in [9.17, 15) is 41.4 Å². The lowest BCUT2D eigenvalue weighted by atomic mass is 10.0. The summed E-state index contributed by atoms with van der Waals surface area (Å²) in [6, 6.07) is 26.6. The van der Waals surface area contributed by atoms with Crippen LogP contribution in [0.5, 0.6) is 0 Å². The van der Waals surface area contributed by atoms with Gasteiger partial charge in [0.15, 0.2) is 0 Å². The predicted octanol–water partition coefficient (Wildman–Crippen LogP) is 8.02. The van der Waals surface area contributed by atoms with Crippen LogP contribution in [-0.4, -0.2) is 53.1 Å². The first-order valence-electron chi connectivity index (χ1n) is 16.5. The number of alkyl halides is 6. The molecule has 0 saturated heterocycles. The molecule has 55 heavy (non-hydrogen) atoms. The number of amides is 1. The van der Waals surface area contributed by atoms with Gasteiger partial charge in [0.25, 0.3) is 5.91 Å². The fourth-order valence-corrected chi connectivity index (χ4v) is 6.16. The van der Waals surface area contributed by atoms with E-state index in [-0.39, 0.29) is 41.6 Å². The van der Waals surface area contributed by atoms with E-state index in [1.165, 1.54) is 24.3 Å². The second-order valence-electron chi connectivity index (χ2n) is 12.2. The zero-order valence-corrected chi connectivity index (χ0v) is 29.9. The summed E-state index contributed by atoms with van der Waals surface area (Å²) < 4.78 is 81.6. The Morgan fingerprint density at radius 1 is 0.691 bits per heavy atom. The number of fused-ring (bicyclic) bond motifs is 2. The minimum Gasteiger partial charge on any atom is -0.395 e. The minimum absolute atomic E-state index is 0.0809. The van der Waals surface area contributed by atoms with Gasteiger partial charge in [-0.05, 0) is 93.3 Å². The van der Waals surface area contributed by atoms with Gasteiger partial charge in [-0.2, -0.15) is 26.3 Å². The third-order valence-electron chi connectivity index (χ3n) is 8.41. The van der Waals surface area contributed by atoms with Crippen LogP contribution in [0.15, 0.2) is 126 Å². The van der Waals surface area contributed by atoms with Gasteiger partial charge in [-0.1, -0.05) is 48.5 Å². The number of rotatable bonds is 8. The van der Waals surface area contributed by atoms with E-state index in [0.717, 1.165) is 28.9 Å². The second kappa shape index (κ2) is 16.0. The van der Waals surface area contributed by atoms with Gasteiger partial charge in [0.2, 0.25) is 0 Å². The monoisotopic (exact) mass is 825 g/mol. The molecule has 2 unspecified atom stereocenters. The normalized spacial score (nSPS) is 13.0. The highest BCUT2D eigenvalue weighted by molar-refractivity contribution is 9.10. The van der Waals surface area contributed by atoms with Gasteiger partial charge in [-0.15, -0.1) is 0 Å². The summed E-state index contributed by atoms with van der Waals surface area (Å²) in [7, 11) is 0. The first kappa shape index (κ1) is 39.2. The van der Waals surface area contributed by atoms with Crippen molar-refractivity contribution in [3.63, 3.8) is 0 Å². The van der Waals surface area contributed by atoms with Crippen LogP contribution < -0.4 is 5.32 Å². The molecule has 0 aliphatic rings. The van der Waals surface area contributed by atoms with E-state index < -0.39 is 35.7 Å². The van der Waals surface area contributed by atoms with Crippen molar-refractivity contribution >= 4 is 33.1 Å². The molecular weight excluding hydrogens is 796 g/mol. The Kier molecular flexibility index (Phi) is 11.4. The maximum atomic E-state index is 13.1. The largest absolute Gasteiger partial charge is 0.416 e. The van der Waals surface area contributed by atoms with E-state index in [2.05, 4.69) is 31.2 Å². The van der Waals surface area contributed by atoms with Crippen molar-refractivity contribution in [3.8, 4) is 11.3 Å². The molecule has 4 aromatic heterocycles. The number of hydrogen-bond acceptors (Lipinski definition) is 6. The molecule has 7 aromatic rings. The van der Waals surface area contributed by atoms with Gasteiger partial charge in [-0.25, -0.2) is 9.97 Å². The summed E-state index contributed by atoms with van der Waals surface area (Å²) in [4.78, 5) is 20.9. The maximum absolute atomic E-state index is 13.1. The molecule has 0 aliphatic carbocycles. The van der Waals surface area contributed by atoms with Crippen LogP contribution in [0.2, 0.25) is 0 Å². The number of nitrogens with zero attached hydrogens (tertiary/aromatic N) is 4. The lowest BCUT2D eigenvalue weighted by Crippen LogP contribution is -2.26. The molecule has 0 saturated carbocycles. The van der Waals surface area contributed by atoms with Crippen LogP contribution in [-0.2, 0) is 12.4 Å². The Labute approximate surface area is 317 Å². The quantitative estimate of drug-likeness (QED) is 0.0910. The van der Waals surface area contributed by atoms with E-state index in [4.69, 9.17) is 5.11 Å². The van der Waals surface area contributed by atoms with E-state index in [1.54, 1.807) is 81.9 Å². The summed E-state index contributed by atoms with van der Waals surface area (Å²) >= 11 is 3.35. The standard InChI is InChI=1S/C24H20F3N3O3.C15H10BrF3N2O/c25-24(26,27)18-7-2-5-16(13-18)22(32)19-14-30-20(8-3-9-21(30)29-19)15-4-1-6-17(12-15)23(33)28-10-11-31;16-12-5-2-6-13-20-11(8-21(12)13)14(22)9-3-1-4-10(7-9)15(17,18)19/h1-9,12-14,22,31-32H,10-11H2,(H,28,33);1-8,14,22H. The van der Waals surface area contributed by atoms with E-state index in [1.807, 2.05) is 0 Å². The molecule has 0 fully saturated rings. The van der Waals surface area contributed by atoms with Crippen molar-refractivity contribution in [2.24, 2.45) is 0 Å². The smallest absolute Gasteiger partial charge is 0.395 e. The van der Waals surface area contributed by atoms with Crippen LogP contribution in [0.3, 0.4) is 0 Å². The van der Waals surface area contributed by atoms with Crippen molar-refractivity contribution in [2.45, 2.75) is 24.6 Å². The first-order chi connectivity index (χ1) is 26.1. The molecule has 16 heteroatoms. The minimum atomic E-state index is -4.52. The van der Waals surface area contributed by atoms with Gasteiger partial charge in [-0.3, -0.25) is 13.6 Å². The third-order valence-corrected chi connectivity index (χ3v) is 9.06. The van der Waals surface area contributed by atoms with Gasteiger partial charge < -0.3 is 20.6 Å². The molecule has 1 amide bonds. The number of nitrogens with one attached hydrogen (secondary N) is 1. The molecule has 7 rings (SSSR count). The highest BCUT2D eigenvalue weighted by Gasteiger charge is 2.32. The molecule has 9 nitrogen and oxygen atoms in total. The molecule has 0 radical (unpaired) electrons. The molecule has 3 aromatic carbocycles. The van der Waals surface area contributed by atoms with Crippen LogP contribution in [0.1, 0.15) is 56.2 Å². The lowest BCUT2D eigenvalue weighted by Gasteiger charge is -2.12. The predicted molar refractivity (Wildman–Crippen MR) is 194 cm³/mol. The Balaban J connectivity index is 0.000000203. The number of benzene rings is 3. The van der Waals surface area contributed by atoms with Crippen molar-refractivity contribution in [2.75, 3.05) is 13.2 Å². The Morgan fingerprint density at radius 3 is 1.75 bits per heavy atom. The Bertz CT molecular complexity index is 2460. The summed E-state index contributed by atoms with van der Waals surface area (Å²) in [5, 5.41) is 32.5. The van der Waals surface area contributed by atoms with Gasteiger partial charge in [0.1, 0.15) is 23.5 Å². The number of aliphatic hydroxyl groups is 3. The molecule has 0 spiro atoms. The first-order valence-corrected chi connectivity index (χ1v) is 17.2. The molecule has 4 N–H and O–H groups in total. The summed E-state index contributed by atoms with van der Waals surface area (Å²) in [5.74, 6) is -0.329. The average molecular weight is 827 g/mol. The van der Waals surface area contributed by atoms with Crippen molar-refractivity contribution in [1.82, 2.24) is 24.1 Å². The van der Waals surface area contributed by atoms with E-state index >= 15 is 0 Å². The second-order valence-corrected chi connectivity index (χ2v) is 13.0. The zero-order chi connectivity index (χ0) is 39.5. The van der Waals surface area contributed by atoms with Crippen molar-refractivity contribution in [3.05, 3.63) is 165 Å². The topological polar surface area (TPSA) is 124 Å². The number of imidazole rings is 2. The molecular formula is C39H30BrF6N5O4. The maximum Gasteiger partial charge on any atom is 0.416 e. The number of aromatic nitrogens is 4. The SMILES string of the molecule is O=C(NCCO)c1cccc(-c2cccc3nc(C(O)c4cccc(C(F)(F)F)c4)cn23)c1.OC(c1cccc(C(F)(F)F)c1)c1cn2c(Br)cccc2n1. The number of aliphatic hydroxyl groups excluding tert-OH is 3. The molecule has 4 heterocycles. The summed E-state index contributed by atoms with van der Waals surface area (Å²) in [6.45, 7) is -0.0340. The molecule has 284 valence electrons. The highest BCUT2D eigenvalue weighted by atomic mass is 79.9.